The first-order chi connectivity index (χ1) is 18.7. The van der Waals surface area contributed by atoms with Crippen molar-refractivity contribution < 1.29 is 18.3 Å². The lowest BCUT2D eigenvalue weighted by Crippen LogP contribution is -2.16. The van der Waals surface area contributed by atoms with Gasteiger partial charge in [-0.05, 0) is 49.1 Å². The van der Waals surface area contributed by atoms with Gasteiger partial charge >= 0.3 is 0 Å². The van der Waals surface area contributed by atoms with Crippen LogP contribution in [0, 0.1) is 23.0 Å². The summed E-state index contributed by atoms with van der Waals surface area (Å²) in [6, 6.07) is 7.86. The maximum Gasteiger partial charge on any atom is 0.201 e. The van der Waals surface area contributed by atoms with Crippen molar-refractivity contribution in [1.82, 2.24) is 0 Å². The molecule has 0 unspecified atom stereocenters. The third kappa shape index (κ3) is 5.99. The van der Waals surface area contributed by atoms with Crippen molar-refractivity contribution in [2.24, 2.45) is 10.9 Å². The van der Waals surface area contributed by atoms with Crippen molar-refractivity contribution in [2.45, 2.75) is 26.2 Å². The van der Waals surface area contributed by atoms with Gasteiger partial charge in [0.1, 0.15) is 0 Å². The SMILES string of the molecule is C=CC[C@@H](C)C(=N)CC(=O)c1ccc(N/C2=C\C/C=C\C=C3\C(c4ccc(OC)c(F)c4F)=CN=C23)cc1Cl. The van der Waals surface area contributed by atoms with Crippen LogP contribution in [0.4, 0.5) is 14.5 Å². The molecular weight excluding hydrogens is 520 g/mol. The summed E-state index contributed by atoms with van der Waals surface area (Å²) in [4.78, 5) is 17.3. The lowest BCUT2D eigenvalue weighted by molar-refractivity contribution is 0.0999. The van der Waals surface area contributed by atoms with E-state index in [0.717, 1.165) is 0 Å². The molecule has 0 fully saturated rings. The molecule has 0 saturated carbocycles. The van der Waals surface area contributed by atoms with E-state index in [0.29, 0.717) is 52.4 Å². The number of Topliss-reactive ketones (excluding diaryl/α,β-unsaturated/α-hetero) is 1. The number of ether oxygens (including phenoxy) is 1. The van der Waals surface area contributed by atoms with Crippen LogP contribution in [0.2, 0.25) is 5.02 Å². The predicted octanol–water partition coefficient (Wildman–Crippen LogP) is 8.11. The van der Waals surface area contributed by atoms with Gasteiger partial charge in [-0.15, -0.1) is 6.58 Å². The Balaban J connectivity index is 1.55. The second-order valence-electron chi connectivity index (χ2n) is 9.20. The van der Waals surface area contributed by atoms with Gasteiger partial charge in [0.05, 0.1) is 23.5 Å². The van der Waals surface area contributed by atoms with Crippen molar-refractivity contribution in [3.63, 3.8) is 0 Å². The smallest absolute Gasteiger partial charge is 0.201 e. The molecule has 1 atom stereocenters. The highest BCUT2D eigenvalue weighted by Gasteiger charge is 2.27. The van der Waals surface area contributed by atoms with Gasteiger partial charge < -0.3 is 15.5 Å². The molecule has 4 rings (SSSR count). The Morgan fingerprint density at radius 2 is 2.05 bits per heavy atom. The zero-order valence-corrected chi connectivity index (χ0v) is 22.4. The number of aliphatic imine (C=N–C) groups is 1. The van der Waals surface area contributed by atoms with E-state index < -0.39 is 11.6 Å². The summed E-state index contributed by atoms with van der Waals surface area (Å²) in [5.74, 6) is -2.54. The fraction of sp³-hybridized carbons (Fsp3) is 0.194. The van der Waals surface area contributed by atoms with Crippen LogP contribution in [0.15, 0.2) is 89.8 Å². The largest absolute Gasteiger partial charge is 0.494 e. The second kappa shape index (κ2) is 12.2. The van der Waals surface area contributed by atoms with Crippen molar-refractivity contribution in [3.8, 4) is 5.75 Å². The van der Waals surface area contributed by atoms with E-state index in [1.807, 2.05) is 31.2 Å². The molecule has 1 aliphatic heterocycles. The Morgan fingerprint density at radius 1 is 1.26 bits per heavy atom. The molecular formula is C31H28ClF2N3O2. The third-order valence-electron chi connectivity index (χ3n) is 6.55. The number of hydrogen-bond donors (Lipinski definition) is 2. The van der Waals surface area contributed by atoms with Gasteiger partial charge in [0, 0.05) is 46.3 Å². The molecule has 2 aromatic rings. The summed E-state index contributed by atoms with van der Waals surface area (Å²) >= 11 is 6.48. The van der Waals surface area contributed by atoms with Gasteiger partial charge in [0.25, 0.3) is 0 Å². The van der Waals surface area contributed by atoms with E-state index >= 15 is 0 Å². The summed E-state index contributed by atoms with van der Waals surface area (Å²) < 4.78 is 34.2. The van der Waals surface area contributed by atoms with E-state index in [1.165, 1.54) is 25.4 Å². The van der Waals surface area contributed by atoms with Crippen LogP contribution in [0.3, 0.4) is 0 Å². The fourth-order valence-electron chi connectivity index (χ4n) is 4.34. The Kier molecular flexibility index (Phi) is 8.72. The minimum Gasteiger partial charge on any atom is -0.494 e. The van der Waals surface area contributed by atoms with Gasteiger partial charge in [0.2, 0.25) is 5.82 Å². The van der Waals surface area contributed by atoms with Gasteiger partial charge in [-0.2, -0.15) is 4.39 Å². The zero-order valence-electron chi connectivity index (χ0n) is 21.7. The van der Waals surface area contributed by atoms with Crippen molar-refractivity contribution in [3.05, 3.63) is 113 Å². The number of carbonyl (C=O) groups excluding carboxylic acids is 1. The molecule has 0 aromatic heterocycles. The number of rotatable bonds is 10. The number of halogens is 3. The topological polar surface area (TPSA) is 74.5 Å². The highest BCUT2D eigenvalue weighted by Crippen LogP contribution is 2.37. The molecule has 2 aliphatic rings. The Bertz CT molecular complexity index is 1500. The molecule has 39 heavy (non-hydrogen) atoms. The average molecular weight is 548 g/mol. The molecule has 0 amide bonds. The standard InChI is InChI=1S/C31H28ClF2N3O2/c1-4-8-18(2)25(35)16-27(38)22-12-11-19(15-24(22)32)37-26-10-7-5-6-9-21-23(17-36-31(21)26)20-13-14-28(39-3)30(34)29(20)33/h4-6,9-15,17-18,35,37H,1,7-8,16H2,2-3H3/b6-5-,21-9-,26-10-,35-25?/t18-/m1/s1. The number of fused-ring (bicyclic) bond motifs is 1. The maximum absolute atomic E-state index is 14.9. The summed E-state index contributed by atoms with van der Waals surface area (Å²) in [7, 11) is 1.28. The molecule has 0 bridgehead atoms. The summed E-state index contributed by atoms with van der Waals surface area (Å²) in [6.07, 6.45) is 12.0. The number of methoxy groups -OCH3 is 1. The normalized spacial score (nSPS) is 18.6. The summed E-state index contributed by atoms with van der Waals surface area (Å²) in [5.41, 5.74) is 3.65. The first-order valence-corrected chi connectivity index (χ1v) is 12.8. The monoisotopic (exact) mass is 547 g/mol. The third-order valence-corrected chi connectivity index (χ3v) is 6.86. The van der Waals surface area contributed by atoms with Crippen molar-refractivity contribution in [2.75, 3.05) is 12.4 Å². The number of allylic oxidation sites excluding steroid dienone is 7. The minimum atomic E-state index is -1.06. The van der Waals surface area contributed by atoms with Crippen molar-refractivity contribution >= 4 is 40.1 Å². The molecule has 2 aromatic carbocycles. The molecule has 5 nitrogen and oxygen atoms in total. The first kappa shape index (κ1) is 27.9. The minimum absolute atomic E-state index is 0.0130. The predicted molar refractivity (Wildman–Crippen MR) is 154 cm³/mol. The number of anilines is 1. The van der Waals surface area contributed by atoms with Gasteiger partial charge in [-0.1, -0.05) is 48.9 Å². The Morgan fingerprint density at radius 3 is 2.77 bits per heavy atom. The van der Waals surface area contributed by atoms with Crippen LogP contribution in [0.25, 0.3) is 5.57 Å². The number of benzene rings is 2. The van der Waals surface area contributed by atoms with Crippen molar-refractivity contribution in [1.29, 1.82) is 5.41 Å². The number of hydrogen-bond acceptors (Lipinski definition) is 5. The van der Waals surface area contributed by atoms with Crippen LogP contribution in [0.1, 0.15) is 42.1 Å². The van der Waals surface area contributed by atoms with Crippen LogP contribution >= 0.6 is 11.6 Å². The van der Waals surface area contributed by atoms with Crippen LogP contribution < -0.4 is 10.1 Å². The highest BCUT2D eigenvalue weighted by atomic mass is 35.5. The first-order valence-electron chi connectivity index (χ1n) is 12.4. The van der Waals surface area contributed by atoms with E-state index in [2.05, 4.69) is 16.9 Å². The summed E-state index contributed by atoms with van der Waals surface area (Å²) in [5, 5.41) is 11.7. The number of nitrogens with one attached hydrogen (secondary N) is 2. The lowest BCUT2D eigenvalue weighted by Gasteiger charge is -2.17. The molecule has 1 aliphatic carbocycles. The number of carbonyl (C=O) groups is 1. The Hall–Kier alpha value is -4.10. The summed E-state index contributed by atoms with van der Waals surface area (Å²) in [6.45, 7) is 5.57. The van der Waals surface area contributed by atoms with Crippen LogP contribution in [-0.2, 0) is 0 Å². The number of ketones is 1. The zero-order chi connectivity index (χ0) is 28.1. The van der Waals surface area contributed by atoms with Gasteiger partial charge in [0.15, 0.2) is 17.3 Å². The maximum atomic E-state index is 14.9. The Labute approximate surface area is 231 Å². The average Bonchev–Trinajstić information content (AvgIpc) is 3.30. The van der Waals surface area contributed by atoms with Gasteiger partial charge in [-0.3, -0.25) is 9.79 Å². The number of nitrogens with zero attached hydrogens (tertiary/aromatic N) is 1. The van der Waals surface area contributed by atoms with E-state index in [1.54, 1.807) is 24.3 Å². The molecule has 200 valence electrons. The quantitative estimate of drug-likeness (QED) is 0.179. The van der Waals surface area contributed by atoms with Gasteiger partial charge in [-0.25, -0.2) is 4.39 Å². The van der Waals surface area contributed by atoms with E-state index in [4.69, 9.17) is 21.7 Å². The molecule has 8 heteroatoms. The molecule has 0 radical (unpaired) electrons. The highest BCUT2D eigenvalue weighted by molar-refractivity contribution is 6.35. The van der Waals surface area contributed by atoms with Crippen LogP contribution in [0.5, 0.6) is 5.75 Å². The molecule has 1 heterocycles. The fourth-order valence-corrected chi connectivity index (χ4v) is 4.62. The van der Waals surface area contributed by atoms with E-state index in [9.17, 15) is 13.6 Å². The molecule has 2 N–H and O–H groups in total. The molecule has 0 saturated heterocycles. The van der Waals surface area contributed by atoms with E-state index in [-0.39, 0.29) is 34.5 Å². The lowest BCUT2D eigenvalue weighted by atomic mass is 9.93. The van der Waals surface area contributed by atoms with Crippen LogP contribution in [-0.4, -0.2) is 24.3 Å². The molecule has 0 spiro atoms. The second-order valence-corrected chi connectivity index (χ2v) is 9.60.